The van der Waals surface area contributed by atoms with Gasteiger partial charge in [0, 0.05) is 11.7 Å². The van der Waals surface area contributed by atoms with E-state index in [1.54, 1.807) is 6.20 Å². The van der Waals surface area contributed by atoms with E-state index in [0.29, 0.717) is 18.3 Å². The zero-order valence-corrected chi connectivity index (χ0v) is 19.0. The first-order chi connectivity index (χ1) is 15.5. The van der Waals surface area contributed by atoms with Gasteiger partial charge >= 0.3 is 0 Å². The normalized spacial score (nSPS) is 15.4. The maximum Gasteiger partial charge on any atom is 0.109 e. The van der Waals surface area contributed by atoms with Crippen LogP contribution in [0, 0.1) is 18.3 Å². The fraction of sp³-hybridized carbons (Fsp3) is 0.520. The number of hydrogen-bond donors (Lipinski definition) is 2. The van der Waals surface area contributed by atoms with Crippen molar-refractivity contribution in [2.24, 2.45) is 0 Å². The minimum atomic E-state index is -0.877. The molecule has 0 aliphatic heterocycles. The van der Waals surface area contributed by atoms with Crippen molar-refractivity contribution in [2.45, 2.75) is 70.5 Å². The number of nitriles is 1. The number of nitrogens with zero attached hydrogens (tertiary/aromatic N) is 3. The number of halogens is 2. The van der Waals surface area contributed by atoms with E-state index in [-0.39, 0.29) is 5.92 Å². The molecule has 0 amide bonds. The molecule has 0 bridgehead atoms. The van der Waals surface area contributed by atoms with Crippen LogP contribution in [0.15, 0.2) is 36.5 Å². The Kier molecular flexibility index (Phi) is 8.81. The quantitative estimate of drug-likeness (QED) is 0.471. The molecular formula is C25H33F2N5. The molecule has 7 heteroatoms. The van der Waals surface area contributed by atoms with Crippen LogP contribution in [0.1, 0.15) is 61.8 Å². The van der Waals surface area contributed by atoms with E-state index in [1.807, 2.05) is 19.1 Å². The van der Waals surface area contributed by atoms with Crippen LogP contribution in [0.4, 0.5) is 20.2 Å². The number of anilines is 2. The number of hydrogen-bond acceptors (Lipinski definition) is 5. The van der Waals surface area contributed by atoms with Crippen LogP contribution in [-0.2, 0) is 6.54 Å². The third-order valence-corrected chi connectivity index (χ3v) is 6.12. The number of pyridine rings is 1. The zero-order chi connectivity index (χ0) is 22.9. The van der Waals surface area contributed by atoms with Gasteiger partial charge in [-0.05, 0) is 56.0 Å². The summed E-state index contributed by atoms with van der Waals surface area (Å²) in [7, 11) is 0. The van der Waals surface area contributed by atoms with Crippen molar-refractivity contribution in [3.05, 3.63) is 53.3 Å². The van der Waals surface area contributed by atoms with Gasteiger partial charge in [0.2, 0.25) is 0 Å². The van der Waals surface area contributed by atoms with Crippen molar-refractivity contribution in [2.75, 3.05) is 23.7 Å². The third kappa shape index (κ3) is 6.17. The van der Waals surface area contributed by atoms with Gasteiger partial charge in [0.05, 0.1) is 42.2 Å². The molecule has 1 aliphatic rings. The summed E-state index contributed by atoms with van der Waals surface area (Å²) in [5.41, 5.74) is 10.3. The van der Waals surface area contributed by atoms with Crippen LogP contribution in [0.2, 0.25) is 0 Å². The topological polar surface area (TPSA) is 64.0 Å². The number of hydrazine groups is 1. The molecule has 2 N–H and O–H groups in total. The Morgan fingerprint density at radius 2 is 1.91 bits per heavy atom. The van der Waals surface area contributed by atoms with Crippen molar-refractivity contribution in [3.63, 3.8) is 0 Å². The van der Waals surface area contributed by atoms with E-state index in [1.165, 1.54) is 24.8 Å². The lowest BCUT2D eigenvalue weighted by atomic mass is 9.91. The van der Waals surface area contributed by atoms with Gasteiger partial charge in [0.25, 0.3) is 0 Å². The molecule has 172 valence electrons. The molecule has 3 rings (SSSR count). The van der Waals surface area contributed by atoms with E-state index in [2.05, 4.69) is 51.9 Å². The van der Waals surface area contributed by atoms with Gasteiger partial charge in [-0.1, -0.05) is 31.4 Å². The molecule has 1 aliphatic carbocycles. The van der Waals surface area contributed by atoms with E-state index in [9.17, 15) is 14.0 Å². The summed E-state index contributed by atoms with van der Waals surface area (Å²) in [4.78, 5) is 7.01. The Balaban J connectivity index is 1.84. The van der Waals surface area contributed by atoms with E-state index in [4.69, 9.17) is 0 Å². The second-order valence-electron chi connectivity index (χ2n) is 8.65. The number of benzene rings is 1. The van der Waals surface area contributed by atoms with Gasteiger partial charge in [0.15, 0.2) is 0 Å². The average molecular weight is 442 g/mol. The molecule has 1 heterocycles. The van der Waals surface area contributed by atoms with Gasteiger partial charge in [-0.2, -0.15) is 5.26 Å². The van der Waals surface area contributed by atoms with Crippen LogP contribution in [0.5, 0.6) is 0 Å². The SMILES string of the molecule is Cc1ccc(C(C)C#N)c(N(Cc2ccc(NNC(CF)CF)cn2)C2CCCCC2)c1. The zero-order valence-electron chi connectivity index (χ0n) is 19.0. The van der Waals surface area contributed by atoms with E-state index < -0.39 is 19.4 Å². The van der Waals surface area contributed by atoms with Crippen molar-refractivity contribution in [1.29, 1.82) is 5.26 Å². The molecule has 1 atom stereocenters. The number of aryl methyl sites for hydroxylation is 1. The summed E-state index contributed by atoms with van der Waals surface area (Å²) in [6, 6.07) is 12.0. The molecule has 2 aromatic rings. The molecule has 0 saturated heterocycles. The van der Waals surface area contributed by atoms with Gasteiger partial charge < -0.3 is 10.3 Å². The number of nitrogens with one attached hydrogen (secondary N) is 2. The lowest BCUT2D eigenvalue weighted by Gasteiger charge is -2.37. The van der Waals surface area contributed by atoms with Crippen molar-refractivity contribution < 1.29 is 8.78 Å². The van der Waals surface area contributed by atoms with Crippen LogP contribution in [0.3, 0.4) is 0 Å². The average Bonchev–Trinajstić information content (AvgIpc) is 2.84. The van der Waals surface area contributed by atoms with Gasteiger partial charge in [-0.3, -0.25) is 4.98 Å². The van der Waals surface area contributed by atoms with Crippen molar-refractivity contribution >= 4 is 11.4 Å². The van der Waals surface area contributed by atoms with Crippen LogP contribution in [0.25, 0.3) is 0 Å². The number of rotatable bonds is 10. The standard InChI is InChI=1S/C25H33F2N5/c1-18-8-11-24(19(2)15-28)25(12-18)32(23-6-4-3-5-7-23)17-21-10-9-20(16-29-21)30-31-22(13-26)14-27/h8-12,16,19,22-23,30-31H,3-7,13-14,17H2,1-2H3. The van der Waals surface area contributed by atoms with Gasteiger partial charge in [0.1, 0.15) is 13.3 Å². The minimum Gasteiger partial charge on any atom is -0.362 e. The maximum absolute atomic E-state index is 12.7. The Bertz CT molecular complexity index is 886. The summed E-state index contributed by atoms with van der Waals surface area (Å²) < 4.78 is 25.3. The van der Waals surface area contributed by atoms with Crippen LogP contribution >= 0.6 is 0 Å². The largest absolute Gasteiger partial charge is 0.362 e. The first-order valence-corrected chi connectivity index (χ1v) is 11.4. The fourth-order valence-corrected chi connectivity index (χ4v) is 4.21. The Morgan fingerprint density at radius 1 is 1.16 bits per heavy atom. The maximum atomic E-state index is 12.7. The van der Waals surface area contributed by atoms with Crippen LogP contribution in [-0.4, -0.2) is 30.4 Å². The predicted molar refractivity (Wildman–Crippen MR) is 125 cm³/mol. The molecule has 1 aromatic heterocycles. The van der Waals surface area contributed by atoms with E-state index in [0.717, 1.165) is 29.8 Å². The first-order valence-electron chi connectivity index (χ1n) is 11.4. The molecule has 0 spiro atoms. The summed E-state index contributed by atoms with van der Waals surface area (Å²) >= 11 is 0. The molecule has 0 radical (unpaired) electrons. The lowest BCUT2D eigenvalue weighted by molar-refractivity contribution is 0.320. The highest BCUT2D eigenvalue weighted by Crippen LogP contribution is 2.35. The fourth-order valence-electron chi connectivity index (χ4n) is 4.21. The van der Waals surface area contributed by atoms with Crippen LogP contribution < -0.4 is 15.8 Å². The summed E-state index contributed by atoms with van der Waals surface area (Å²) in [6.45, 7) is 3.10. The van der Waals surface area contributed by atoms with Crippen molar-refractivity contribution in [3.8, 4) is 6.07 Å². The summed E-state index contributed by atoms with van der Waals surface area (Å²) in [6.07, 6.45) is 7.62. The number of aromatic nitrogens is 1. The molecule has 1 aromatic carbocycles. The summed E-state index contributed by atoms with van der Waals surface area (Å²) in [5.74, 6) is -0.193. The molecular weight excluding hydrogens is 408 g/mol. The Labute approximate surface area is 189 Å². The molecule has 32 heavy (non-hydrogen) atoms. The molecule has 1 unspecified atom stereocenters. The molecule has 1 fully saturated rings. The highest BCUT2D eigenvalue weighted by atomic mass is 19.1. The van der Waals surface area contributed by atoms with Gasteiger partial charge in [-0.25, -0.2) is 14.2 Å². The monoisotopic (exact) mass is 441 g/mol. The predicted octanol–water partition coefficient (Wildman–Crippen LogP) is 5.58. The van der Waals surface area contributed by atoms with Crippen molar-refractivity contribution in [1.82, 2.24) is 10.4 Å². The smallest absolute Gasteiger partial charge is 0.109 e. The third-order valence-electron chi connectivity index (χ3n) is 6.12. The first kappa shape index (κ1) is 23.9. The highest BCUT2D eigenvalue weighted by molar-refractivity contribution is 5.59. The summed E-state index contributed by atoms with van der Waals surface area (Å²) in [5, 5.41) is 9.58. The molecule has 5 nitrogen and oxygen atoms in total. The lowest BCUT2D eigenvalue weighted by Crippen LogP contribution is -2.38. The second kappa shape index (κ2) is 11.8. The molecule has 1 saturated carbocycles. The Hall–Kier alpha value is -2.72. The van der Waals surface area contributed by atoms with E-state index >= 15 is 0 Å². The minimum absolute atomic E-state index is 0.193. The Morgan fingerprint density at radius 3 is 2.53 bits per heavy atom. The van der Waals surface area contributed by atoms with Gasteiger partial charge in [-0.15, -0.1) is 0 Å². The number of alkyl halides is 2. The second-order valence-corrected chi connectivity index (χ2v) is 8.65. The highest BCUT2D eigenvalue weighted by Gasteiger charge is 2.25.